The highest BCUT2D eigenvalue weighted by Crippen LogP contribution is 2.30. The number of ketones is 1. The van der Waals surface area contributed by atoms with Crippen molar-refractivity contribution in [2.75, 3.05) is 0 Å². The van der Waals surface area contributed by atoms with Crippen molar-refractivity contribution in [3.05, 3.63) is 94.6 Å². The third-order valence-corrected chi connectivity index (χ3v) is 4.74. The van der Waals surface area contributed by atoms with Crippen molar-refractivity contribution in [3.63, 3.8) is 0 Å². The smallest absolute Gasteiger partial charge is 0.219 e. The molecule has 3 nitrogen and oxygen atoms in total. The van der Waals surface area contributed by atoms with Gasteiger partial charge in [0.25, 0.3) is 0 Å². The molecule has 1 aromatic heterocycles. The largest absolute Gasteiger partial charge is 0.437 e. The van der Waals surface area contributed by atoms with E-state index in [1.165, 1.54) is 5.56 Å². The van der Waals surface area contributed by atoms with E-state index < -0.39 is 0 Å². The maximum absolute atomic E-state index is 11.2. The second-order valence-corrected chi connectivity index (χ2v) is 7.61. The molecule has 0 amide bonds. The standard InChI is InChI=1S/C25H24ClNO2/c1-18(14-19(2)28)8-9-21-11-13-25(27-17-21)29-24-12-10-22(16-23(24)26)15-20-6-4-3-5-7-20/h3-13,16-18H,14-15H2,1-2H3/b9-8+/t18-/m0/s1. The Hall–Kier alpha value is -2.91. The van der Waals surface area contributed by atoms with E-state index in [-0.39, 0.29) is 11.7 Å². The van der Waals surface area contributed by atoms with Crippen LogP contribution in [0, 0.1) is 5.92 Å². The Morgan fingerprint density at radius 2 is 1.90 bits per heavy atom. The number of nitrogens with zero attached hydrogens (tertiary/aromatic N) is 1. The highest BCUT2D eigenvalue weighted by molar-refractivity contribution is 6.32. The molecule has 0 N–H and O–H groups in total. The molecule has 0 bridgehead atoms. The number of hydrogen-bond acceptors (Lipinski definition) is 3. The van der Waals surface area contributed by atoms with Crippen LogP contribution in [0.25, 0.3) is 6.08 Å². The minimum absolute atomic E-state index is 0.190. The summed E-state index contributed by atoms with van der Waals surface area (Å²) in [5.41, 5.74) is 3.32. The summed E-state index contributed by atoms with van der Waals surface area (Å²) in [6, 6.07) is 19.8. The fourth-order valence-electron chi connectivity index (χ4n) is 3.03. The normalized spacial score (nSPS) is 12.1. The van der Waals surface area contributed by atoms with Crippen molar-refractivity contribution in [1.29, 1.82) is 0 Å². The van der Waals surface area contributed by atoms with E-state index in [9.17, 15) is 4.79 Å². The number of carbonyl (C=O) groups excluding carboxylic acids is 1. The second kappa shape index (κ2) is 10.0. The molecule has 4 heteroatoms. The molecule has 0 spiro atoms. The van der Waals surface area contributed by atoms with Gasteiger partial charge >= 0.3 is 0 Å². The van der Waals surface area contributed by atoms with Crippen LogP contribution in [0.3, 0.4) is 0 Å². The van der Waals surface area contributed by atoms with E-state index in [1.54, 1.807) is 13.1 Å². The molecule has 0 unspecified atom stereocenters. The molecule has 1 heterocycles. The minimum atomic E-state index is 0.190. The predicted molar refractivity (Wildman–Crippen MR) is 119 cm³/mol. The fourth-order valence-corrected chi connectivity index (χ4v) is 3.27. The Balaban J connectivity index is 1.62. The van der Waals surface area contributed by atoms with Gasteiger partial charge in [0.05, 0.1) is 5.02 Å². The number of benzene rings is 2. The zero-order valence-corrected chi connectivity index (χ0v) is 17.4. The Kier molecular flexibility index (Phi) is 7.20. The zero-order chi connectivity index (χ0) is 20.6. The molecule has 0 fully saturated rings. The Labute approximate surface area is 177 Å². The number of pyridine rings is 1. The van der Waals surface area contributed by atoms with Crippen molar-refractivity contribution < 1.29 is 9.53 Å². The molecule has 1 atom stereocenters. The Bertz CT molecular complexity index is 981. The summed E-state index contributed by atoms with van der Waals surface area (Å²) in [7, 11) is 0. The van der Waals surface area contributed by atoms with Gasteiger partial charge in [0.2, 0.25) is 5.88 Å². The molecule has 0 radical (unpaired) electrons. The molecular formula is C25H24ClNO2. The highest BCUT2D eigenvalue weighted by atomic mass is 35.5. The summed E-state index contributed by atoms with van der Waals surface area (Å²) in [6.45, 7) is 3.63. The number of rotatable bonds is 8. The molecule has 0 saturated carbocycles. The van der Waals surface area contributed by atoms with Gasteiger partial charge < -0.3 is 9.53 Å². The summed E-state index contributed by atoms with van der Waals surface area (Å²) in [6.07, 6.45) is 7.09. The van der Waals surface area contributed by atoms with Crippen molar-refractivity contribution in [3.8, 4) is 11.6 Å². The lowest BCUT2D eigenvalue weighted by atomic mass is 10.0. The molecule has 0 aliphatic heterocycles. The van der Waals surface area contributed by atoms with Gasteiger partial charge in [-0.15, -0.1) is 0 Å². The van der Waals surface area contributed by atoms with E-state index in [1.807, 2.05) is 67.6 Å². The number of carbonyl (C=O) groups is 1. The van der Waals surface area contributed by atoms with Crippen LogP contribution in [-0.2, 0) is 11.2 Å². The first-order chi connectivity index (χ1) is 14.0. The van der Waals surface area contributed by atoms with Gasteiger partial charge in [-0.1, -0.05) is 67.1 Å². The maximum atomic E-state index is 11.2. The summed E-state index contributed by atoms with van der Waals surface area (Å²) in [5, 5.41) is 0.558. The molecule has 3 rings (SSSR count). The summed E-state index contributed by atoms with van der Waals surface area (Å²) >= 11 is 6.41. The van der Waals surface area contributed by atoms with E-state index in [4.69, 9.17) is 16.3 Å². The fraction of sp³-hybridized carbons (Fsp3) is 0.200. The third-order valence-electron chi connectivity index (χ3n) is 4.45. The molecule has 0 aliphatic rings. The molecule has 2 aromatic carbocycles. The van der Waals surface area contributed by atoms with Crippen LogP contribution in [0.1, 0.15) is 37.0 Å². The third kappa shape index (κ3) is 6.58. The first-order valence-electron chi connectivity index (χ1n) is 9.63. The van der Waals surface area contributed by atoms with Gasteiger partial charge in [0.1, 0.15) is 11.5 Å². The van der Waals surface area contributed by atoms with Crippen LogP contribution in [0.4, 0.5) is 0 Å². The lowest BCUT2D eigenvalue weighted by Crippen LogP contribution is -1.97. The average Bonchev–Trinajstić information content (AvgIpc) is 2.70. The van der Waals surface area contributed by atoms with Crippen LogP contribution in [0.5, 0.6) is 11.6 Å². The lowest BCUT2D eigenvalue weighted by Gasteiger charge is -2.09. The monoisotopic (exact) mass is 405 g/mol. The molecule has 0 aliphatic carbocycles. The van der Waals surface area contributed by atoms with Crippen molar-refractivity contribution >= 4 is 23.5 Å². The van der Waals surface area contributed by atoms with Crippen LogP contribution in [0.2, 0.25) is 5.02 Å². The predicted octanol–water partition coefficient (Wildman–Crippen LogP) is 6.75. The molecular weight excluding hydrogens is 382 g/mol. The average molecular weight is 406 g/mol. The van der Waals surface area contributed by atoms with E-state index in [0.29, 0.717) is 23.1 Å². The number of aromatic nitrogens is 1. The number of ether oxygens (including phenoxy) is 1. The van der Waals surface area contributed by atoms with Crippen molar-refractivity contribution in [2.24, 2.45) is 5.92 Å². The molecule has 148 valence electrons. The van der Waals surface area contributed by atoms with Gasteiger partial charge in [0.15, 0.2) is 0 Å². The van der Waals surface area contributed by atoms with Gasteiger partial charge in [-0.05, 0) is 54.2 Å². The highest BCUT2D eigenvalue weighted by Gasteiger charge is 2.07. The lowest BCUT2D eigenvalue weighted by molar-refractivity contribution is -0.117. The topological polar surface area (TPSA) is 39.2 Å². The van der Waals surface area contributed by atoms with Crippen LogP contribution < -0.4 is 4.74 Å². The number of halogens is 1. The summed E-state index contributed by atoms with van der Waals surface area (Å²) < 4.78 is 5.84. The zero-order valence-electron chi connectivity index (χ0n) is 16.6. The van der Waals surface area contributed by atoms with Gasteiger partial charge in [-0.3, -0.25) is 0 Å². The minimum Gasteiger partial charge on any atom is -0.437 e. The van der Waals surface area contributed by atoms with Crippen LogP contribution in [-0.4, -0.2) is 10.8 Å². The quantitative estimate of drug-likeness (QED) is 0.416. The van der Waals surface area contributed by atoms with Crippen LogP contribution >= 0.6 is 11.6 Å². The van der Waals surface area contributed by atoms with Crippen LogP contribution in [0.15, 0.2) is 72.9 Å². The van der Waals surface area contributed by atoms with E-state index in [2.05, 4.69) is 17.1 Å². The molecule has 3 aromatic rings. The van der Waals surface area contributed by atoms with E-state index >= 15 is 0 Å². The molecule has 0 saturated heterocycles. The van der Waals surface area contributed by atoms with Crippen molar-refractivity contribution in [1.82, 2.24) is 4.98 Å². The first-order valence-corrected chi connectivity index (χ1v) is 10.0. The second-order valence-electron chi connectivity index (χ2n) is 7.20. The van der Waals surface area contributed by atoms with E-state index in [0.717, 1.165) is 17.5 Å². The van der Waals surface area contributed by atoms with Crippen molar-refractivity contribution in [2.45, 2.75) is 26.7 Å². The van der Waals surface area contributed by atoms with Gasteiger partial charge in [0, 0.05) is 18.7 Å². The number of Topliss-reactive ketones (excluding diaryl/α,β-unsaturated/α-hetero) is 1. The number of hydrogen-bond donors (Lipinski definition) is 0. The van der Waals surface area contributed by atoms with Gasteiger partial charge in [-0.2, -0.15) is 0 Å². The first kappa shape index (κ1) is 20.8. The Morgan fingerprint density at radius 1 is 1.10 bits per heavy atom. The molecule has 29 heavy (non-hydrogen) atoms. The number of allylic oxidation sites excluding steroid dienone is 1. The summed E-state index contributed by atoms with van der Waals surface area (Å²) in [5.74, 6) is 1.46. The SMILES string of the molecule is CC(=O)C[C@@H](C)/C=C/c1ccc(Oc2ccc(Cc3ccccc3)cc2Cl)nc1. The Morgan fingerprint density at radius 3 is 2.55 bits per heavy atom. The maximum Gasteiger partial charge on any atom is 0.219 e. The summed E-state index contributed by atoms with van der Waals surface area (Å²) in [4.78, 5) is 15.5. The van der Waals surface area contributed by atoms with Gasteiger partial charge in [-0.25, -0.2) is 4.98 Å².